The zero-order valence-corrected chi connectivity index (χ0v) is 11.4. The van der Waals surface area contributed by atoms with Crippen LogP contribution in [0, 0.1) is 5.92 Å². The number of piperidine rings is 1. The highest BCUT2D eigenvalue weighted by Gasteiger charge is 2.40. The molecule has 2 aliphatic heterocycles. The smallest absolute Gasteiger partial charge is 0.307 e. The summed E-state index contributed by atoms with van der Waals surface area (Å²) in [5.41, 5.74) is 0. The summed E-state index contributed by atoms with van der Waals surface area (Å²) in [6.07, 6.45) is 3.25. The van der Waals surface area contributed by atoms with Crippen LogP contribution in [-0.2, 0) is 15.0 Å². The van der Waals surface area contributed by atoms with Crippen molar-refractivity contribution in [1.29, 1.82) is 0 Å². The van der Waals surface area contributed by atoms with Gasteiger partial charge in [-0.3, -0.25) is 4.79 Å². The molecule has 2 saturated heterocycles. The Bertz CT molecular complexity index is 423. The van der Waals surface area contributed by atoms with E-state index in [0.717, 1.165) is 19.3 Å². The molecule has 2 fully saturated rings. The summed E-state index contributed by atoms with van der Waals surface area (Å²) in [5.74, 6) is -1.46. The lowest BCUT2D eigenvalue weighted by molar-refractivity contribution is -0.141. The third kappa shape index (κ3) is 2.53. The van der Waals surface area contributed by atoms with Crippen LogP contribution >= 0.6 is 0 Å². The van der Waals surface area contributed by atoms with Gasteiger partial charge in [0.05, 0.1) is 5.92 Å². The lowest BCUT2D eigenvalue weighted by Crippen LogP contribution is -2.49. The molecule has 2 rings (SSSR count). The summed E-state index contributed by atoms with van der Waals surface area (Å²) in [6, 6.07) is 0.0210. The molecule has 2 atom stereocenters. The predicted molar refractivity (Wildman–Crippen MR) is 66.3 cm³/mol. The van der Waals surface area contributed by atoms with Crippen LogP contribution in [-0.4, -0.2) is 53.8 Å². The number of hydrogen-bond acceptors (Lipinski definition) is 3. The van der Waals surface area contributed by atoms with E-state index in [1.54, 1.807) is 0 Å². The van der Waals surface area contributed by atoms with Crippen molar-refractivity contribution in [3.05, 3.63) is 0 Å². The normalized spacial score (nSPS) is 31.6. The first-order chi connectivity index (χ1) is 8.43. The fourth-order valence-electron chi connectivity index (χ4n) is 2.70. The topological polar surface area (TPSA) is 77.9 Å². The number of carbonyl (C=O) groups is 1. The summed E-state index contributed by atoms with van der Waals surface area (Å²) < 4.78 is 27.7. The molecule has 0 bridgehead atoms. The highest BCUT2D eigenvalue weighted by molar-refractivity contribution is 7.86. The van der Waals surface area contributed by atoms with Gasteiger partial charge in [-0.2, -0.15) is 17.0 Å². The molecule has 2 heterocycles. The summed E-state index contributed by atoms with van der Waals surface area (Å²) in [7, 11) is -3.47. The van der Waals surface area contributed by atoms with E-state index >= 15 is 0 Å². The maximum atomic E-state index is 12.4. The molecule has 0 aromatic carbocycles. The van der Waals surface area contributed by atoms with E-state index in [4.69, 9.17) is 5.11 Å². The van der Waals surface area contributed by atoms with Gasteiger partial charge in [-0.05, 0) is 26.2 Å². The first-order valence-electron chi connectivity index (χ1n) is 6.42. The Morgan fingerprint density at radius 2 is 1.94 bits per heavy atom. The average molecular weight is 276 g/mol. The molecule has 0 spiro atoms. The Hall–Kier alpha value is -0.660. The molecule has 0 aromatic heterocycles. The SMILES string of the molecule is CC1CCCCN1S(=O)(=O)N1CCC(C(=O)O)C1. The molecule has 2 unspecified atom stereocenters. The molecule has 7 heteroatoms. The largest absolute Gasteiger partial charge is 0.481 e. The first kappa shape index (κ1) is 13.8. The van der Waals surface area contributed by atoms with Crippen LogP contribution in [0.1, 0.15) is 32.6 Å². The van der Waals surface area contributed by atoms with E-state index in [0.29, 0.717) is 19.5 Å². The van der Waals surface area contributed by atoms with Crippen molar-refractivity contribution >= 4 is 16.2 Å². The zero-order chi connectivity index (χ0) is 13.3. The van der Waals surface area contributed by atoms with Crippen molar-refractivity contribution in [2.24, 2.45) is 5.92 Å². The molecule has 0 aromatic rings. The fraction of sp³-hybridized carbons (Fsp3) is 0.909. The third-order valence-corrected chi connectivity index (χ3v) is 5.98. The minimum absolute atomic E-state index is 0.0210. The van der Waals surface area contributed by atoms with Crippen molar-refractivity contribution in [3.8, 4) is 0 Å². The average Bonchev–Trinajstić information content (AvgIpc) is 2.79. The van der Waals surface area contributed by atoms with Crippen molar-refractivity contribution < 1.29 is 18.3 Å². The van der Waals surface area contributed by atoms with Gasteiger partial charge in [-0.25, -0.2) is 0 Å². The molecule has 2 aliphatic rings. The molecule has 0 amide bonds. The summed E-state index contributed by atoms with van der Waals surface area (Å²) >= 11 is 0. The number of rotatable bonds is 3. The second kappa shape index (κ2) is 5.14. The number of nitrogens with zero attached hydrogens (tertiary/aromatic N) is 2. The van der Waals surface area contributed by atoms with Gasteiger partial charge in [0, 0.05) is 25.7 Å². The lowest BCUT2D eigenvalue weighted by Gasteiger charge is -2.35. The van der Waals surface area contributed by atoms with Crippen LogP contribution in [0.5, 0.6) is 0 Å². The summed E-state index contributed by atoms with van der Waals surface area (Å²) in [6.45, 7) is 2.91. The monoisotopic (exact) mass is 276 g/mol. The minimum Gasteiger partial charge on any atom is -0.481 e. The Morgan fingerprint density at radius 1 is 1.22 bits per heavy atom. The van der Waals surface area contributed by atoms with Crippen LogP contribution in [0.4, 0.5) is 0 Å². The predicted octanol–water partition coefficient (Wildman–Crippen LogP) is 0.512. The van der Waals surface area contributed by atoms with E-state index in [1.807, 2.05) is 6.92 Å². The Morgan fingerprint density at radius 3 is 2.50 bits per heavy atom. The number of carboxylic acid groups (broad SMARTS) is 1. The first-order valence-corrected chi connectivity index (χ1v) is 7.82. The molecule has 0 aliphatic carbocycles. The van der Waals surface area contributed by atoms with Gasteiger partial charge in [0.25, 0.3) is 10.2 Å². The second-order valence-electron chi connectivity index (χ2n) is 5.15. The van der Waals surface area contributed by atoms with Crippen molar-refractivity contribution in [2.45, 2.75) is 38.6 Å². The van der Waals surface area contributed by atoms with Crippen LogP contribution in [0.2, 0.25) is 0 Å². The highest BCUT2D eigenvalue weighted by atomic mass is 32.2. The summed E-state index contributed by atoms with van der Waals surface area (Å²) in [5, 5.41) is 8.92. The molecule has 0 saturated carbocycles. The van der Waals surface area contributed by atoms with Gasteiger partial charge < -0.3 is 5.11 Å². The number of hydrogen-bond donors (Lipinski definition) is 1. The van der Waals surface area contributed by atoms with Crippen LogP contribution in [0.15, 0.2) is 0 Å². The molecule has 104 valence electrons. The van der Waals surface area contributed by atoms with Crippen LogP contribution in [0.25, 0.3) is 0 Å². The maximum Gasteiger partial charge on any atom is 0.307 e. The van der Waals surface area contributed by atoms with Crippen LogP contribution < -0.4 is 0 Å². The number of carboxylic acids is 1. The molecular weight excluding hydrogens is 256 g/mol. The second-order valence-corrected chi connectivity index (χ2v) is 7.03. The van der Waals surface area contributed by atoms with Gasteiger partial charge in [-0.1, -0.05) is 6.42 Å². The van der Waals surface area contributed by atoms with Crippen molar-refractivity contribution in [2.75, 3.05) is 19.6 Å². The molecule has 6 nitrogen and oxygen atoms in total. The molecular formula is C11H20N2O4S. The van der Waals surface area contributed by atoms with Crippen molar-refractivity contribution in [1.82, 2.24) is 8.61 Å². The lowest BCUT2D eigenvalue weighted by atomic mass is 10.1. The fourth-order valence-corrected chi connectivity index (χ4v) is 4.62. The standard InChI is InChI=1S/C11H20N2O4S/c1-9-4-2-3-6-13(9)18(16,17)12-7-5-10(8-12)11(14)15/h9-10H,2-8H2,1H3,(H,14,15). The number of aliphatic carboxylic acids is 1. The summed E-state index contributed by atoms with van der Waals surface area (Å²) in [4.78, 5) is 10.9. The van der Waals surface area contributed by atoms with Crippen molar-refractivity contribution in [3.63, 3.8) is 0 Å². The van der Waals surface area contributed by atoms with Gasteiger partial charge in [0.1, 0.15) is 0 Å². The van der Waals surface area contributed by atoms with Gasteiger partial charge in [-0.15, -0.1) is 0 Å². The zero-order valence-electron chi connectivity index (χ0n) is 10.6. The van der Waals surface area contributed by atoms with Gasteiger partial charge >= 0.3 is 5.97 Å². The Labute approximate surface area is 108 Å². The van der Waals surface area contributed by atoms with Crippen LogP contribution in [0.3, 0.4) is 0 Å². The van der Waals surface area contributed by atoms with E-state index in [2.05, 4.69) is 0 Å². The maximum absolute atomic E-state index is 12.4. The molecule has 1 N–H and O–H groups in total. The quantitative estimate of drug-likeness (QED) is 0.815. The van der Waals surface area contributed by atoms with E-state index in [9.17, 15) is 13.2 Å². The molecule has 18 heavy (non-hydrogen) atoms. The minimum atomic E-state index is -3.47. The van der Waals surface area contributed by atoms with Gasteiger partial charge in [0.2, 0.25) is 0 Å². The Balaban J connectivity index is 2.09. The van der Waals surface area contributed by atoms with E-state index in [1.165, 1.54) is 8.61 Å². The van der Waals surface area contributed by atoms with E-state index in [-0.39, 0.29) is 12.6 Å². The van der Waals surface area contributed by atoms with E-state index < -0.39 is 22.1 Å². The third-order valence-electron chi connectivity index (χ3n) is 3.86. The highest BCUT2D eigenvalue weighted by Crippen LogP contribution is 2.26. The van der Waals surface area contributed by atoms with Gasteiger partial charge in [0.15, 0.2) is 0 Å². The molecule has 0 radical (unpaired) electrons. The Kier molecular flexibility index (Phi) is 3.93.